The fourth-order valence-electron chi connectivity index (χ4n) is 3.36. The lowest BCUT2D eigenvalue weighted by Gasteiger charge is -2.38. The van der Waals surface area contributed by atoms with Gasteiger partial charge in [0.15, 0.2) is 6.61 Å². The van der Waals surface area contributed by atoms with Crippen LogP contribution in [0.3, 0.4) is 0 Å². The first kappa shape index (κ1) is 19.2. The molecule has 2 saturated heterocycles. The summed E-state index contributed by atoms with van der Waals surface area (Å²) in [7, 11) is 0. The Balaban J connectivity index is 1.46. The minimum absolute atomic E-state index is 0.0421. The van der Waals surface area contributed by atoms with Gasteiger partial charge in [-0.05, 0) is 24.3 Å². The molecule has 0 saturated carbocycles. The van der Waals surface area contributed by atoms with E-state index in [0.29, 0.717) is 31.7 Å². The molecule has 1 aromatic rings. The zero-order valence-electron chi connectivity index (χ0n) is 14.6. The van der Waals surface area contributed by atoms with Crippen LogP contribution in [0.4, 0.5) is 18.0 Å². The Kier molecular flexibility index (Phi) is 5.43. The molecule has 0 aliphatic carbocycles. The molecule has 0 unspecified atom stereocenters. The number of rotatable bonds is 4. The monoisotopic (exact) mass is 386 g/mol. The van der Waals surface area contributed by atoms with E-state index in [9.17, 15) is 22.8 Å². The van der Waals surface area contributed by atoms with Crippen molar-refractivity contribution in [3.63, 3.8) is 0 Å². The lowest BCUT2D eigenvalue weighted by molar-refractivity contribution is -0.154. The summed E-state index contributed by atoms with van der Waals surface area (Å²) in [5.74, 6) is -0.0796. The van der Waals surface area contributed by atoms with Gasteiger partial charge in [0.05, 0.1) is 12.2 Å². The lowest BCUT2D eigenvalue weighted by Crippen LogP contribution is -2.47. The number of likely N-dealkylation sites (tertiary alicyclic amines) is 1. The third kappa shape index (κ3) is 5.24. The highest BCUT2D eigenvalue weighted by Gasteiger charge is 2.41. The van der Waals surface area contributed by atoms with E-state index in [-0.39, 0.29) is 29.8 Å². The molecule has 0 aromatic carbocycles. The quantitative estimate of drug-likeness (QED) is 0.827. The summed E-state index contributed by atoms with van der Waals surface area (Å²) in [4.78, 5) is 29.4. The Morgan fingerprint density at radius 2 is 2.07 bits per heavy atom. The van der Waals surface area contributed by atoms with Crippen LogP contribution in [0.5, 0.6) is 5.88 Å². The summed E-state index contributed by atoms with van der Waals surface area (Å²) in [6.07, 6.45) is -2.40. The van der Waals surface area contributed by atoms with Gasteiger partial charge < -0.3 is 20.3 Å². The number of hydrogen-bond acceptors (Lipinski definition) is 4. The van der Waals surface area contributed by atoms with E-state index in [0.717, 1.165) is 12.8 Å². The van der Waals surface area contributed by atoms with Crippen molar-refractivity contribution < 1.29 is 27.5 Å². The molecule has 2 aliphatic heterocycles. The van der Waals surface area contributed by atoms with E-state index in [2.05, 4.69) is 20.4 Å². The van der Waals surface area contributed by atoms with Crippen LogP contribution in [-0.4, -0.2) is 54.2 Å². The third-order valence-electron chi connectivity index (χ3n) is 4.89. The molecule has 3 heterocycles. The third-order valence-corrected chi connectivity index (χ3v) is 4.89. The number of hydrogen-bond donors (Lipinski definition) is 2. The van der Waals surface area contributed by atoms with Gasteiger partial charge in [0.25, 0.3) is 0 Å². The minimum atomic E-state index is -4.43. The van der Waals surface area contributed by atoms with E-state index in [4.69, 9.17) is 0 Å². The highest BCUT2D eigenvalue weighted by Crippen LogP contribution is 2.37. The maximum Gasteiger partial charge on any atom is 0.422 e. The molecule has 7 nitrogen and oxygen atoms in total. The molecule has 2 N–H and O–H groups in total. The number of carbonyl (C=O) groups is 2. The Hall–Kier alpha value is -2.52. The second kappa shape index (κ2) is 7.61. The van der Waals surface area contributed by atoms with Crippen molar-refractivity contribution in [1.29, 1.82) is 0 Å². The fourth-order valence-corrected chi connectivity index (χ4v) is 3.36. The summed E-state index contributed by atoms with van der Waals surface area (Å²) in [6.45, 7) is 0.453. The normalized spacial score (nSPS) is 19.1. The van der Waals surface area contributed by atoms with E-state index in [1.165, 1.54) is 12.1 Å². The molecule has 2 aliphatic rings. The average molecular weight is 386 g/mol. The first-order valence-corrected chi connectivity index (χ1v) is 8.70. The molecule has 3 rings (SSSR count). The number of piperidine rings is 1. The van der Waals surface area contributed by atoms with Gasteiger partial charge in [-0.25, -0.2) is 9.78 Å². The standard InChI is InChI=1S/C17H21F3N4O3/c18-17(19,20)11-27-14-3-1-2-12(23-14)9-21-15(26)24-6-4-16(5-7-24)8-13(25)22-10-16/h1-3H,4-11H2,(H,21,26)(H,22,25). The van der Waals surface area contributed by atoms with E-state index >= 15 is 0 Å². The molecule has 1 aromatic heterocycles. The van der Waals surface area contributed by atoms with Gasteiger partial charge in [0, 0.05) is 32.1 Å². The maximum absolute atomic E-state index is 12.3. The van der Waals surface area contributed by atoms with Crippen molar-refractivity contribution in [1.82, 2.24) is 20.5 Å². The van der Waals surface area contributed by atoms with Gasteiger partial charge in [-0.15, -0.1) is 0 Å². The molecule has 27 heavy (non-hydrogen) atoms. The molecule has 1 spiro atoms. The first-order chi connectivity index (χ1) is 12.7. The van der Waals surface area contributed by atoms with E-state index < -0.39 is 12.8 Å². The molecule has 0 radical (unpaired) electrons. The summed E-state index contributed by atoms with van der Waals surface area (Å²) in [5.41, 5.74) is 0.363. The molecular weight excluding hydrogens is 365 g/mol. The average Bonchev–Trinajstić information content (AvgIpc) is 2.98. The van der Waals surface area contributed by atoms with Crippen LogP contribution in [0, 0.1) is 5.41 Å². The number of halogens is 3. The molecule has 2 fully saturated rings. The van der Waals surface area contributed by atoms with Crippen molar-refractivity contribution in [2.45, 2.75) is 32.0 Å². The summed E-state index contributed by atoms with van der Waals surface area (Å²) in [6, 6.07) is 4.19. The number of nitrogens with zero attached hydrogens (tertiary/aromatic N) is 2. The predicted octanol–water partition coefficient (Wildman–Crippen LogP) is 1.83. The van der Waals surface area contributed by atoms with Crippen molar-refractivity contribution in [2.24, 2.45) is 5.41 Å². The van der Waals surface area contributed by atoms with Crippen molar-refractivity contribution in [2.75, 3.05) is 26.2 Å². The number of carbonyl (C=O) groups excluding carboxylic acids is 2. The number of amides is 3. The van der Waals surface area contributed by atoms with E-state index in [1.807, 2.05) is 0 Å². The maximum atomic E-state index is 12.3. The lowest BCUT2D eigenvalue weighted by atomic mass is 9.78. The van der Waals surface area contributed by atoms with Crippen molar-refractivity contribution in [3.8, 4) is 5.88 Å². The van der Waals surface area contributed by atoms with Gasteiger partial charge in [0.1, 0.15) is 0 Å². The van der Waals surface area contributed by atoms with Crippen LogP contribution in [-0.2, 0) is 11.3 Å². The zero-order valence-corrected chi connectivity index (χ0v) is 14.6. The van der Waals surface area contributed by atoms with Crippen molar-refractivity contribution >= 4 is 11.9 Å². The second-order valence-corrected chi connectivity index (χ2v) is 6.97. The van der Waals surface area contributed by atoms with E-state index in [1.54, 1.807) is 11.0 Å². The highest BCUT2D eigenvalue weighted by atomic mass is 19.4. The summed E-state index contributed by atoms with van der Waals surface area (Å²) < 4.78 is 41.2. The SMILES string of the molecule is O=C1CC2(CCN(C(=O)NCc3cccc(OCC(F)(F)F)n3)CC2)CN1. The van der Waals surface area contributed by atoms with Crippen LogP contribution >= 0.6 is 0 Å². The van der Waals surface area contributed by atoms with Crippen LogP contribution in [0.1, 0.15) is 25.0 Å². The number of pyridine rings is 1. The Bertz CT molecular complexity index is 703. The zero-order chi connectivity index (χ0) is 19.5. The topological polar surface area (TPSA) is 83.6 Å². The highest BCUT2D eigenvalue weighted by molar-refractivity contribution is 5.79. The second-order valence-electron chi connectivity index (χ2n) is 6.97. The van der Waals surface area contributed by atoms with Crippen LogP contribution < -0.4 is 15.4 Å². The summed E-state index contributed by atoms with van der Waals surface area (Å²) >= 11 is 0. The minimum Gasteiger partial charge on any atom is -0.468 e. The fraction of sp³-hybridized carbons (Fsp3) is 0.588. The molecule has 0 atom stereocenters. The van der Waals surface area contributed by atoms with Crippen LogP contribution in [0.15, 0.2) is 18.2 Å². The number of alkyl halides is 3. The van der Waals surface area contributed by atoms with Gasteiger partial charge >= 0.3 is 12.2 Å². The molecular formula is C17H21F3N4O3. The number of urea groups is 1. The van der Waals surface area contributed by atoms with Crippen LogP contribution in [0.25, 0.3) is 0 Å². The Morgan fingerprint density at radius 1 is 1.33 bits per heavy atom. The Morgan fingerprint density at radius 3 is 2.70 bits per heavy atom. The molecule has 3 amide bonds. The van der Waals surface area contributed by atoms with Gasteiger partial charge in [-0.1, -0.05) is 6.07 Å². The summed E-state index contributed by atoms with van der Waals surface area (Å²) in [5, 5.41) is 5.57. The molecule has 0 bridgehead atoms. The number of ether oxygens (including phenoxy) is 1. The Labute approximate surface area is 154 Å². The van der Waals surface area contributed by atoms with Gasteiger partial charge in [-0.2, -0.15) is 13.2 Å². The van der Waals surface area contributed by atoms with Gasteiger partial charge in [-0.3, -0.25) is 4.79 Å². The van der Waals surface area contributed by atoms with Crippen molar-refractivity contribution in [3.05, 3.63) is 23.9 Å². The smallest absolute Gasteiger partial charge is 0.422 e. The van der Waals surface area contributed by atoms with Crippen LogP contribution in [0.2, 0.25) is 0 Å². The first-order valence-electron chi connectivity index (χ1n) is 8.70. The largest absolute Gasteiger partial charge is 0.468 e. The molecule has 10 heteroatoms. The molecule has 148 valence electrons. The predicted molar refractivity (Wildman–Crippen MR) is 88.9 cm³/mol. The van der Waals surface area contributed by atoms with Gasteiger partial charge in [0.2, 0.25) is 11.8 Å². The number of nitrogens with one attached hydrogen (secondary N) is 2. The number of aromatic nitrogens is 1.